The van der Waals surface area contributed by atoms with E-state index in [-0.39, 0.29) is 5.41 Å². The standard InChI is InChI=1S/C10H11ClN2O/c1-10(2,3)9-13-7-4-6(11)5-12-8(7)14-9/h4-5H,1-3H3. The van der Waals surface area contributed by atoms with Gasteiger partial charge in [-0.1, -0.05) is 32.4 Å². The topological polar surface area (TPSA) is 38.9 Å². The molecule has 0 bridgehead atoms. The van der Waals surface area contributed by atoms with Crippen LogP contribution in [0.25, 0.3) is 11.2 Å². The smallest absolute Gasteiger partial charge is 0.247 e. The fourth-order valence-corrected chi connectivity index (χ4v) is 1.27. The van der Waals surface area contributed by atoms with Crippen molar-refractivity contribution in [2.45, 2.75) is 26.2 Å². The van der Waals surface area contributed by atoms with Gasteiger partial charge in [-0.3, -0.25) is 0 Å². The molecule has 0 aromatic carbocycles. The maximum atomic E-state index is 5.80. The number of halogens is 1. The van der Waals surface area contributed by atoms with Gasteiger partial charge in [-0.2, -0.15) is 0 Å². The highest BCUT2D eigenvalue weighted by atomic mass is 35.5. The Hall–Kier alpha value is -1.09. The number of fused-ring (bicyclic) bond motifs is 1. The molecule has 0 aliphatic heterocycles. The first-order valence-electron chi connectivity index (χ1n) is 4.39. The van der Waals surface area contributed by atoms with Crippen molar-refractivity contribution in [3.8, 4) is 0 Å². The lowest BCUT2D eigenvalue weighted by molar-refractivity contribution is 0.407. The van der Waals surface area contributed by atoms with Crippen molar-refractivity contribution in [1.82, 2.24) is 9.97 Å². The van der Waals surface area contributed by atoms with Crippen LogP contribution in [0, 0.1) is 0 Å². The zero-order chi connectivity index (χ0) is 10.3. The molecule has 0 saturated heterocycles. The van der Waals surface area contributed by atoms with Crippen LogP contribution in [0.2, 0.25) is 5.02 Å². The van der Waals surface area contributed by atoms with Gasteiger partial charge in [-0.05, 0) is 6.07 Å². The first-order valence-corrected chi connectivity index (χ1v) is 4.77. The molecule has 74 valence electrons. The summed E-state index contributed by atoms with van der Waals surface area (Å²) in [7, 11) is 0. The van der Waals surface area contributed by atoms with Crippen LogP contribution in [0.5, 0.6) is 0 Å². The Morgan fingerprint density at radius 2 is 2.07 bits per heavy atom. The van der Waals surface area contributed by atoms with Crippen LogP contribution in [0.4, 0.5) is 0 Å². The van der Waals surface area contributed by atoms with E-state index in [1.54, 1.807) is 12.3 Å². The summed E-state index contributed by atoms with van der Waals surface area (Å²) >= 11 is 5.80. The van der Waals surface area contributed by atoms with Gasteiger partial charge in [0.1, 0.15) is 5.52 Å². The molecule has 2 rings (SSSR count). The molecule has 0 unspecified atom stereocenters. The van der Waals surface area contributed by atoms with Gasteiger partial charge in [0, 0.05) is 11.6 Å². The largest absolute Gasteiger partial charge is 0.422 e. The number of rotatable bonds is 0. The number of pyridine rings is 1. The van der Waals surface area contributed by atoms with Crippen LogP contribution in [0.3, 0.4) is 0 Å². The molecule has 0 radical (unpaired) electrons. The molecular weight excluding hydrogens is 200 g/mol. The van der Waals surface area contributed by atoms with Crippen molar-refractivity contribution in [3.05, 3.63) is 23.2 Å². The molecule has 0 aliphatic rings. The molecule has 0 atom stereocenters. The van der Waals surface area contributed by atoms with Crippen molar-refractivity contribution < 1.29 is 4.42 Å². The van der Waals surface area contributed by atoms with E-state index >= 15 is 0 Å². The molecule has 4 heteroatoms. The molecule has 14 heavy (non-hydrogen) atoms. The highest BCUT2D eigenvalue weighted by Gasteiger charge is 2.21. The fraction of sp³-hybridized carbons (Fsp3) is 0.400. The number of aromatic nitrogens is 2. The lowest BCUT2D eigenvalue weighted by Crippen LogP contribution is -2.10. The highest BCUT2D eigenvalue weighted by molar-refractivity contribution is 6.30. The monoisotopic (exact) mass is 210 g/mol. The van der Waals surface area contributed by atoms with Crippen molar-refractivity contribution in [1.29, 1.82) is 0 Å². The van der Waals surface area contributed by atoms with E-state index in [2.05, 4.69) is 9.97 Å². The van der Waals surface area contributed by atoms with Crippen molar-refractivity contribution in [2.75, 3.05) is 0 Å². The molecular formula is C10H11ClN2O. The Morgan fingerprint density at radius 1 is 1.36 bits per heavy atom. The number of hydrogen-bond acceptors (Lipinski definition) is 3. The van der Waals surface area contributed by atoms with Gasteiger partial charge >= 0.3 is 0 Å². The van der Waals surface area contributed by atoms with Gasteiger partial charge in [0.25, 0.3) is 0 Å². The van der Waals surface area contributed by atoms with E-state index in [1.165, 1.54) is 0 Å². The van der Waals surface area contributed by atoms with E-state index in [0.29, 0.717) is 22.1 Å². The van der Waals surface area contributed by atoms with E-state index in [9.17, 15) is 0 Å². The molecule has 0 spiro atoms. The lowest BCUT2D eigenvalue weighted by atomic mass is 9.97. The molecule has 0 saturated carbocycles. The SMILES string of the molecule is CC(C)(C)c1nc2cc(Cl)cnc2o1. The Bertz CT molecular complexity index is 470. The van der Waals surface area contributed by atoms with E-state index in [0.717, 1.165) is 0 Å². The van der Waals surface area contributed by atoms with Gasteiger partial charge in [-0.25, -0.2) is 9.97 Å². The number of hydrogen-bond donors (Lipinski definition) is 0. The van der Waals surface area contributed by atoms with Crippen LogP contribution in [0.1, 0.15) is 26.7 Å². The average Bonchev–Trinajstić information content (AvgIpc) is 2.45. The molecule has 2 heterocycles. The molecule has 0 N–H and O–H groups in total. The lowest BCUT2D eigenvalue weighted by Gasteiger charge is -2.11. The maximum absolute atomic E-state index is 5.80. The Labute approximate surface area is 87.1 Å². The molecule has 0 aliphatic carbocycles. The Balaban J connectivity index is 2.63. The summed E-state index contributed by atoms with van der Waals surface area (Å²) in [6.45, 7) is 6.12. The molecule has 0 fully saturated rings. The summed E-state index contributed by atoms with van der Waals surface area (Å²) in [5.74, 6) is 0.683. The third kappa shape index (κ3) is 1.60. The van der Waals surface area contributed by atoms with Crippen molar-refractivity contribution in [2.24, 2.45) is 0 Å². The normalized spacial score (nSPS) is 12.3. The van der Waals surface area contributed by atoms with Gasteiger partial charge < -0.3 is 4.42 Å². The van der Waals surface area contributed by atoms with E-state index in [1.807, 2.05) is 20.8 Å². The van der Waals surface area contributed by atoms with Gasteiger partial charge in [0.05, 0.1) is 5.02 Å². The zero-order valence-electron chi connectivity index (χ0n) is 8.34. The van der Waals surface area contributed by atoms with Crippen LogP contribution in [0.15, 0.2) is 16.7 Å². The fourth-order valence-electron chi connectivity index (χ4n) is 1.12. The summed E-state index contributed by atoms with van der Waals surface area (Å²) in [5, 5.41) is 0.575. The summed E-state index contributed by atoms with van der Waals surface area (Å²) in [6, 6.07) is 1.75. The van der Waals surface area contributed by atoms with Gasteiger partial charge in [-0.15, -0.1) is 0 Å². The third-order valence-corrected chi connectivity index (χ3v) is 2.06. The minimum atomic E-state index is -0.104. The summed E-state index contributed by atoms with van der Waals surface area (Å²) < 4.78 is 5.51. The summed E-state index contributed by atoms with van der Waals surface area (Å²) in [4.78, 5) is 8.38. The second-order valence-electron chi connectivity index (χ2n) is 4.25. The summed E-state index contributed by atoms with van der Waals surface area (Å²) in [6.07, 6.45) is 1.56. The van der Waals surface area contributed by atoms with Crippen LogP contribution < -0.4 is 0 Å². The maximum Gasteiger partial charge on any atom is 0.247 e. The second kappa shape index (κ2) is 2.95. The minimum Gasteiger partial charge on any atom is -0.422 e. The van der Waals surface area contributed by atoms with Crippen molar-refractivity contribution >= 4 is 22.8 Å². The minimum absolute atomic E-state index is 0.104. The molecule has 3 nitrogen and oxygen atoms in total. The molecule has 2 aromatic rings. The zero-order valence-corrected chi connectivity index (χ0v) is 9.09. The quantitative estimate of drug-likeness (QED) is 0.671. The summed E-state index contributed by atoms with van der Waals surface area (Å²) in [5.41, 5.74) is 1.15. The van der Waals surface area contributed by atoms with Crippen LogP contribution >= 0.6 is 11.6 Å². The number of oxazole rings is 1. The predicted octanol–water partition coefficient (Wildman–Crippen LogP) is 3.17. The third-order valence-electron chi connectivity index (χ3n) is 1.86. The number of nitrogens with zero attached hydrogens (tertiary/aromatic N) is 2. The first kappa shape index (κ1) is 9.46. The average molecular weight is 211 g/mol. The molecule has 0 amide bonds. The van der Waals surface area contributed by atoms with Crippen LogP contribution in [-0.4, -0.2) is 9.97 Å². The Kier molecular flexibility index (Phi) is 2.00. The van der Waals surface area contributed by atoms with Gasteiger partial charge in [0.15, 0.2) is 0 Å². The predicted molar refractivity (Wildman–Crippen MR) is 55.5 cm³/mol. The van der Waals surface area contributed by atoms with Crippen molar-refractivity contribution in [3.63, 3.8) is 0 Å². The second-order valence-corrected chi connectivity index (χ2v) is 4.68. The van der Waals surface area contributed by atoms with Gasteiger partial charge in [0.2, 0.25) is 11.6 Å². The van der Waals surface area contributed by atoms with Crippen LogP contribution in [-0.2, 0) is 5.41 Å². The highest BCUT2D eigenvalue weighted by Crippen LogP contribution is 2.25. The Morgan fingerprint density at radius 3 is 2.71 bits per heavy atom. The van der Waals surface area contributed by atoms with E-state index < -0.39 is 0 Å². The molecule has 2 aromatic heterocycles. The first-order chi connectivity index (χ1) is 6.47. The van der Waals surface area contributed by atoms with E-state index in [4.69, 9.17) is 16.0 Å².